The lowest BCUT2D eigenvalue weighted by molar-refractivity contribution is 0.0476. The quantitative estimate of drug-likeness (QED) is 0.122. The van der Waals surface area contributed by atoms with Gasteiger partial charge in [-0.1, -0.05) is 67.1 Å². The zero-order valence-corrected chi connectivity index (χ0v) is 22.2. The molecule has 5 rings (SSSR count). The first-order valence-electron chi connectivity index (χ1n) is 13.0. The molecule has 0 radical (unpaired) electrons. The van der Waals surface area contributed by atoms with Gasteiger partial charge in [0.1, 0.15) is 5.75 Å². The second-order valence-electron chi connectivity index (χ2n) is 9.40. The van der Waals surface area contributed by atoms with Crippen LogP contribution in [0.3, 0.4) is 0 Å². The Morgan fingerprint density at radius 2 is 1.43 bits per heavy atom. The fourth-order valence-electron chi connectivity index (χ4n) is 4.26. The Labute approximate surface area is 232 Å². The Morgan fingerprint density at radius 3 is 2.12 bits per heavy atom. The average Bonchev–Trinajstić information content (AvgIpc) is 2.99. The van der Waals surface area contributed by atoms with Crippen molar-refractivity contribution in [3.63, 3.8) is 0 Å². The molecule has 0 aliphatic rings. The van der Waals surface area contributed by atoms with Gasteiger partial charge in [-0.3, -0.25) is 4.79 Å². The fraction of sp³-hybridized carbons (Fsp3) is 0.118. The lowest BCUT2D eigenvalue weighted by Crippen LogP contribution is -2.15. The number of hydrogen-bond donors (Lipinski definition) is 0. The van der Waals surface area contributed by atoms with Crippen molar-refractivity contribution >= 4 is 28.6 Å². The second kappa shape index (κ2) is 11.7. The number of pyridine rings is 1. The van der Waals surface area contributed by atoms with E-state index in [1.54, 1.807) is 24.3 Å². The molecule has 1 heterocycles. The summed E-state index contributed by atoms with van der Waals surface area (Å²) < 4.78 is 10.8. The van der Waals surface area contributed by atoms with Crippen LogP contribution in [0.2, 0.25) is 0 Å². The summed E-state index contributed by atoms with van der Waals surface area (Å²) in [5, 5.41) is 0.647. The van der Waals surface area contributed by atoms with Gasteiger partial charge in [-0.2, -0.15) is 0 Å². The number of ether oxygens (including phenoxy) is 2. The van der Waals surface area contributed by atoms with Crippen molar-refractivity contribution in [3.8, 4) is 17.0 Å². The molecule has 0 atom stereocenters. The molecule has 6 nitrogen and oxygen atoms in total. The van der Waals surface area contributed by atoms with Crippen LogP contribution in [0.25, 0.3) is 22.2 Å². The molecule has 0 spiro atoms. The smallest absolute Gasteiger partial charge is 0.343 e. The van der Waals surface area contributed by atoms with Crippen LogP contribution in [0.1, 0.15) is 49.1 Å². The van der Waals surface area contributed by atoms with Gasteiger partial charge in [0.25, 0.3) is 0 Å². The normalized spacial score (nSPS) is 10.8. The highest BCUT2D eigenvalue weighted by molar-refractivity contribution is 6.06. The average molecular weight is 530 g/mol. The van der Waals surface area contributed by atoms with Gasteiger partial charge in [0.05, 0.1) is 22.3 Å². The second-order valence-corrected chi connectivity index (χ2v) is 9.40. The summed E-state index contributed by atoms with van der Waals surface area (Å²) in [7, 11) is 0. The number of carbonyl (C=O) groups is 3. The van der Waals surface area contributed by atoms with Crippen molar-refractivity contribution < 1.29 is 23.9 Å². The van der Waals surface area contributed by atoms with Crippen LogP contribution < -0.4 is 4.74 Å². The number of esters is 2. The number of para-hydroxylation sites is 1. The molecule has 0 saturated carbocycles. The fourth-order valence-corrected chi connectivity index (χ4v) is 4.26. The summed E-state index contributed by atoms with van der Waals surface area (Å²) >= 11 is 0. The maximum atomic E-state index is 13.1. The molecule has 4 aromatic carbocycles. The summed E-state index contributed by atoms with van der Waals surface area (Å²) in [6, 6.07) is 30.3. The van der Waals surface area contributed by atoms with Crippen LogP contribution in [0.5, 0.6) is 5.75 Å². The van der Waals surface area contributed by atoms with Crippen molar-refractivity contribution in [2.75, 3.05) is 6.61 Å². The summed E-state index contributed by atoms with van der Waals surface area (Å²) in [6.45, 7) is 3.60. The predicted octanol–water partition coefficient (Wildman–Crippen LogP) is 7.03. The topological polar surface area (TPSA) is 82.6 Å². The van der Waals surface area contributed by atoms with Crippen molar-refractivity contribution in [3.05, 3.63) is 131 Å². The first-order valence-corrected chi connectivity index (χ1v) is 13.0. The summed E-state index contributed by atoms with van der Waals surface area (Å²) in [6.07, 6.45) is 0.929. The number of aryl methyl sites for hydroxylation is 2. The summed E-state index contributed by atoms with van der Waals surface area (Å²) in [5.74, 6) is -1.17. The molecule has 0 fully saturated rings. The highest BCUT2D eigenvalue weighted by Gasteiger charge is 2.18. The van der Waals surface area contributed by atoms with Gasteiger partial charge in [-0.15, -0.1) is 0 Å². The highest BCUT2D eigenvalue weighted by Crippen LogP contribution is 2.26. The molecular formula is C34H27NO5. The molecular weight excluding hydrogens is 502 g/mol. The van der Waals surface area contributed by atoms with Crippen molar-refractivity contribution in [1.29, 1.82) is 0 Å². The van der Waals surface area contributed by atoms with E-state index in [1.165, 1.54) is 29.8 Å². The minimum atomic E-state index is -0.609. The predicted molar refractivity (Wildman–Crippen MR) is 154 cm³/mol. The zero-order valence-electron chi connectivity index (χ0n) is 22.2. The number of nitrogens with zero attached hydrogens (tertiary/aromatic N) is 1. The number of aromatic nitrogens is 1. The monoisotopic (exact) mass is 529 g/mol. The third kappa shape index (κ3) is 5.97. The number of fused-ring (bicyclic) bond motifs is 1. The van der Waals surface area contributed by atoms with Crippen molar-refractivity contribution in [2.24, 2.45) is 0 Å². The number of benzene rings is 4. The van der Waals surface area contributed by atoms with E-state index in [-0.39, 0.29) is 5.78 Å². The van der Waals surface area contributed by atoms with Crippen LogP contribution >= 0.6 is 0 Å². The summed E-state index contributed by atoms with van der Waals surface area (Å²) in [4.78, 5) is 43.0. The molecule has 40 heavy (non-hydrogen) atoms. The molecule has 198 valence electrons. The molecule has 0 N–H and O–H groups in total. The van der Waals surface area contributed by atoms with Gasteiger partial charge in [0.2, 0.25) is 0 Å². The minimum Gasteiger partial charge on any atom is -0.454 e. The number of carbonyl (C=O) groups excluding carboxylic acids is 3. The molecule has 0 bridgehead atoms. The van der Waals surface area contributed by atoms with Gasteiger partial charge < -0.3 is 9.47 Å². The number of Topliss-reactive ketones (excluding diaryl/α,β-unsaturated/α-hetero) is 1. The van der Waals surface area contributed by atoms with Crippen LogP contribution in [0.4, 0.5) is 0 Å². The van der Waals surface area contributed by atoms with Crippen molar-refractivity contribution in [2.45, 2.75) is 20.3 Å². The number of ketones is 1. The lowest BCUT2D eigenvalue weighted by atomic mass is 10.0. The standard InChI is InChI=1S/C34H27NO5/c1-3-23-10-14-24(15-11-23)31-20-29(28-6-4-5-7-30(28)35-31)34(38)39-21-32(36)25-16-18-27(19-17-25)40-33(37)26-12-8-22(2)9-13-26/h4-20H,3,21H2,1-2H3. The van der Waals surface area contributed by atoms with Gasteiger partial charge in [-0.05, 0) is 67.4 Å². The van der Waals surface area contributed by atoms with E-state index in [1.807, 2.05) is 61.5 Å². The highest BCUT2D eigenvalue weighted by atomic mass is 16.5. The van der Waals surface area contributed by atoms with Gasteiger partial charge in [0.15, 0.2) is 12.4 Å². The molecule has 0 aliphatic heterocycles. The van der Waals surface area contributed by atoms with E-state index in [4.69, 9.17) is 14.5 Å². The Balaban J connectivity index is 1.28. The zero-order chi connectivity index (χ0) is 28.1. The van der Waals surface area contributed by atoms with Crippen molar-refractivity contribution in [1.82, 2.24) is 4.98 Å². The number of rotatable bonds is 8. The minimum absolute atomic E-state index is 0.307. The largest absolute Gasteiger partial charge is 0.454 e. The molecule has 0 amide bonds. The van der Waals surface area contributed by atoms with Gasteiger partial charge in [-0.25, -0.2) is 14.6 Å². The summed E-state index contributed by atoms with van der Waals surface area (Å²) in [5.41, 5.74) is 5.55. The maximum absolute atomic E-state index is 13.1. The Morgan fingerprint density at radius 1 is 0.750 bits per heavy atom. The molecule has 1 aromatic heterocycles. The van der Waals surface area contributed by atoms with E-state index in [2.05, 4.69) is 6.92 Å². The Hall–Kier alpha value is -5.10. The number of hydrogen-bond acceptors (Lipinski definition) is 6. The van der Waals surface area contributed by atoms with Gasteiger partial charge >= 0.3 is 11.9 Å². The van der Waals surface area contributed by atoms with Crippen LogP contribution in [0.15, 0.2) is 103 Å². The molecule has 0 unspecified atom stereocenters. The Bertz CT molecular complexity index is 1690. The van der Waals surface area contributed by atoms with E-state index in [0.717, 1.165) is 17.5 Å². The van der Waals surface area contributed by atoms with Crippen LogP contribution in [0, 0.1) is 6.92 Å². The maximum Gasteiger partial charge on any atom is 0.343 e. The SMILES string of the molecule is CCc1ccc(-c2cc(C(=O)OCC(=O)c3ccc(OC(=O)c4ccc(C)cc4)cc3)c3ccccc3n2)cc1. The molecule has 0 saturated heterocycles. The molecule has 6 heteroatoms. The van der Waals surface area contributed by atoms with E-state index in [0.29, 0.717) is 39.0 Å². The molecule has 5 aromatic rings. The van der Waals surface area contributed by atoms with Crippen LogP contribution in [-0.4, -0.2) is 29.3 Å². The lowest BCUT2D eigenvalue weighted by Gasteiger charge is -2.11. The first kappa shape index (κ1) is 26.5. The van der Waals surface area contributed by atoms with Crippen LogP contribution in [-0.2, 0) is 11.2 Å². The third-order valence-corrected chi connectivity index (χ3v) is 6.60. The first-order chi connectivity index (χ1) is 19.4. The Kier molecular flexibility index (Phi) is 7.78. The van der Waals surface area contributed by atoms with Gasteiger partial charge in [0, 0.05) is 16.5 Å². The third-order valence-electron chi connectivity index (χ3n) is 6.60. The molecule has 0 aliphatic carbocycles. The van der Waals surface area contributed by atoms with E-state index in [9.17, 15) is 14.4 Å². The van der Waals surface area contributed by atoms with E-state index < -0.39 is 18.5 Å². The van der Waals surface area contributed by atoms with E-state index >= 15 is 0 Å².